The molecule has 0 saturated carbocycles. The van der Waals surface area contributed by atoms with Gasteiger partial charge in [0, 0.05) is 25.6 Å². The molecule has 0 bridgehead atoms. The molecule has 0 aromatic heterocycles. The molecule has 1 aliphatic rings. The van der Waals surface area contributed by atoms with Crippen molar-refractivity contribution in [2.75, 3.05) is 19.7 Å². The van der Waals surface area contributed by atoms with Crippen molar-refractivity contribution in [3.05, 3.63) is 0 Å². The van der Waals surface area contributed by atoms with E-state index >= 15 is 0 Å². The van der Waals surface area contributed by atoms with Gasteiger partial charge in [-0.15, -0.1) is 0 Å². The molecule has 1 heterocycles. The van der Waals surface area contributed by atoms with Crippen molar-refractivity contribution in [3.8, 4) is 0 Å². The first-order valence-corrected chi connectivity index (χ1v) is 7.04. The van der Waals surface area contributed by atoms with Crippen LogP contribution in [0.1, 0.15) is 47.0 Å². The second-order valence-corrected chi connectivity index (χ2v) is 6.21. The molecule has 1 fully saturated rings. The minimum absolute atomic E-state index is 0.0444. The van der Waals surface area contributed by atoms with Crippen LogP contribution >= 0.6 is 0 Å². The highest BCUT2D eigenvalue weighted by atomic mass is 16.3. The lowest BCUT2D eigenvalue weighted by Crippen LogP contribution is -2.58. The van der Waals surface area contributed by atoms with Crippen LogP contribution in [-0.2, 0) is 4.79 Å². The predicted molar refractivity (Wildman–Crippen MR) is 73.4 cm³/mol. The monoisotopic (exact) mass is 256 g/mol. The first-order valence-electron chi connectivity index (χ1n) is 7.04. The van der Waals surface area contributed by atoms with Gasteiger partial charge in [-0.05, 0) is 32.6 Å². The van der Waals surface area contributed by atoms with Gasteiger partial charge in [0.15, 0.2) is 0 Å². The zero-order valence-corrected chi connectivity index (χ0v) is 12.2. The fraction of sp³-hybridized carbons (Fsp3) is 0.929. The summed E-state index contributed by atoms with van der Waals surface area (Å²) in [7, 11) is 0. The second kappa shape index (κ2) is 6.53. The highest BCUT2D eigenvalue weighted by molar-refractivity contribution is 5.77. The van der Waals surface area contributed by atoms with E-state index in [4.69, 9.17) is 0 Å². The van der Waals surface area contributed by atoms with Crippen molar-refractivity contribution in [1.29, 1.82) is 0 Å². The predicted octanol–water partition coefficient (Wildman–Crippen LogP) is 1.38. The van der Waals surface area contributed by atoms with Crippen LogP contribution in [0.15, 0.2) is 0 Å². The van der Waals surface area contributed by atoms with Gasteiger partial charge in [0.1, 0.15) is 0 Å². The lowest BCUT2D eigenvalue weighted by Gasteiger charge is -2.42. The van der Waals surface area contributed by atoms with E-state index in [1.54, 1.807) is 0 Å². The van der Waals surface area contributed by atoms with Crippen LogP contribution in [0, 0.1) is 5.92 Å². The molecule has 2 N–H and O–H groups in total. The van der Waals surface area contributed by atoms with Gasteiger partial charge < -0.3 is 15.3 Å². The van der Waals surface area contributed by atoms with Gasteiger partial charge in [-0.3, -0.25) is 4.79 Å². The number of hydrogen-bond acceptors (Lipinski definition) is 3. The van der Waals surface area contributed by atoms with Gasteiger partial charge in [0.25, 0.3) is 0 Å². The summed E-state index contributed by atoms with van der Waals surface area (Å²) in [4.78, 5) is 14.3. The van der Waals surface area contributed by atoms with Crippen molar-refractivity contribution in [3.63, 3.8) is 0 Å². The topological polar surface area (TPSA) is 52.6 Å². The van der Waals surface area contributed by atoms with E-state index in [9.17, 15) is 9.90 Å². The Bertz CT molecular complexity index is 269. The molecule has 0 aliphatic carbocycles. The molecule has 0 atom stereocenters. The Morgan fingerprint density at radius 3 is 2.22 bits per heavy atom. The van der Waals surface area contributed by atoms with Crippen LogP contribution < -0.4 is 5.32 Å². The van der Waals surface area contributed by atoms with Crippen molar-refractivity contribution in [2.45, 2.75) is 58.5 Å². The Morgan fingerprint density at radius 2 is 1.83 bits per heavy atom. The van der Waals surface area contributed by atoms with Gasteiger partial charge >= 0.3 is 0 Å². The molecule has 0 aromatic rings. The van der Waals surface area contributed by atoms with Crippen LogP contribution in [0.3, 0.4) is 0 Å². The van der Waals surface area contributed by atoms with Gasteiger partial charge in [0.05, 0.1) is 12.1 Å². The molecule has 0 aromatic carbocycles. The molecular formula is C14H28N2O2. The summed E-state index contributed by atoms with van der Waals surface area (Å²) in [6.07, 6.45) is 2.21. The van der Waals surface area contributed by atoms with E-state index in [0.29, 0.717) is 18.4 Å². The smallest absolute Gasteiger partial charge is 0.220 e. The minimum Gasteiger partial charge on any atom is -0.394 e. The van der Waals surface area contributed by atoms with Crippen LogP contribution in [0.2, 0.25) is 0 Å². The number of nitrogens with one attached hydrogen (secondary N) is 1. The second-order valence-electron chi connectivity index (χ2n) is 6.21. The van der Waals surface area contributed by atoms with Crippen molar-refractivity contribution in [2.24, 2.45) is 5.92 Å². The summed E-state index contributed by atoms with van der Waals surface area (Å²) < 4.78 is 0. The SMILES string of the molecule is CC(C)CC(=O)NC1(CO)CCN(C(C)C)CC1. The van der Waals surface area contributed by atoms with E-state index in [2.05, 4.69) is 24.1 Å². The van der Waals surface area contributed by atoms with Crippen LogP contribution in [0.4, 0.5) is 0 Å². The standard InChI is InChI=1S/C14H28N2O2/c1-11(2)9-13(18)15-14(10-17)5-7-16(8-6-14)12(3)4/h11-12,17H,5-10H2,1-4H3,(H,15,18). The molecule has 4 heteroatoms. The number of carbonyl (C=O) groups is 1. The number of carbonyl (C=O) groups excluding carboxylic acids is 1. The number of likely N-dealkylation sites (tertiary alicyclic amines) is 1. The van der Waals surface area contributed by atoms with E-state index in [1.807, 2.05) is 13.8 Å². The Balaban J connectivity index is 2.53. The molecule has 1 saturated heterocycles. The molecule has 18 heavy (non-hydrogen) atoms. The lowest BCUT2D eigenvalue weighted by atomic mass is 9.87. The van der Waals surface area contributed by atoms with Crippen molar-refractivity contribution in [1.82, 2.24) is 10.2 Å². The molecule has 1 amide bonds. The Kier molecular flexibility index (Phi) is 5.60. The quantitative estimate of drug-likeness (QED) is 0.781. The highest BCUT2D eigenvalue weighted by Crippen LogP contribution is 2.23. The normalized spacial score (nSPS) is 20.4. The summed E-state index contributed by atoms with van der Waals surface area (Å²) in [5, 5.41) is 12.7. The third-order valence-corrected chi connectivity index (χ3v) is 3.79. The van der Waals surface area contributed by atoms with Gasteiger partial charge in [-0.25, -0.2) is 0 Å². The summed E-state index contributed by atoms with van der Waals surface area (Å²) in [6.45, 7) is 10.4. The zero-order valence-electron chi connectivity index (χ0n) is 12.2. The largest absolute Gasteiger partial charge is 0.394 e. The number of hydrogen-bond donors (Lipinski definition) is 2. The third-order valence-electron chi connectivity index (χ3n) is 3.79. The molecule has 1 rings (SSSR count). The number of aliphatic hydroxyl groups excluding tert-OH is 1. The maximum atomic E-state index is 11.9. The summed E-state index contributed by atoms with van der Waals surface area (Å²) in [6, 6.07) is 0.535. The van der Waals surface area contributed by atoms with Crippen molar-refractivity contribution < 1.29 is 9.90 Å². The van der Waals surface area contributed by atoms with E-state index in [-0.39, 0.29) is 12.5 Å². The van der Waals surface area contributed by atoms with E-state index in [1.165, 1.54) is 0 Å². The van der Waals surface area contributed by atoms with Crippen LogP contribution in [0.25, 0.3) is 0 Å². The average Bonchev–Trinajstić information content (AvgIpc) is 2.28. The third kappa shape index (κ3) is 4.25. The summed E-state index contributed by atoms with van der Waals surface area (Å²) in [5.74, 6) is 0.425. The summed E-state index contributed by atoms with van der Waals surface area (Å²) in [5.41, 5.74) is -0.392. The molecule has 0 radical (unpaired) electrons. The molecule has 0 spiro atoms. The van der Waals surface area contributed by atoms with Crippen molar-refractivity contribution >= 4 is 5.91 Å². The first kappa shape index (κ1) is 15.4. The Hall–Kier alpha value is -0.610. The van der Waals surface area contributed by atoms with Gasteiger partial charge in [-0.2, -0.15) is 0 Å². The Labute approximate surface area is 111 Å². The minimum atomic E-state index is -0.392. The fourth-order valence-electron chi connectivity index (χ4n) is 2.51. The lowest BCUT2D eigenvalue weighted by molar-refractivity contribution is -0.125. The first-order chi connectivity index (χ1) is 8.38. The highest BCUT2D eigenvalue weighted by Gasteiger charge is 2.35. The van der Waals surface area contributed by atoms with E-state index < -0.39 is 5.54 Å². The molecule has 4 nitrogen and oxygen atoms in total. The number of amides is 1. The average molecular weight is 256 g/mol. The number of aliphatic hydroxyl groups is 1. The maximum Gasteiger partial charge on any atom is 0.220 e. The zero-order chi connectivity index (χ0) is 13.8. The Morgan fingerprint density at radius 1 is 1.28 bits per heavy atom. The molecule has 1 aliphatic heterocycles. The molecule has 0 unspecified atom stereocenters. The van der Waals surface area contributed by atoms with Crippen LogP contribution in [-0.4, -0.2) is 47.2 Å². The fourth-order valence-corrected chi connectivity index (χ4v) is 2.51. The van der Waals surface area contributed by atoms with Gasteiger partial charge in [0.2, 0.25) is 5.91 Å². The van der Waals surface area contributed by atoms with E-state index in [0.717, 1.165) is 25.9 Å². The van der Waals surface area contributed by atoms with Gasteiger partial charge in [-0.1, -0.05) is 13.8 Å². The number of rotatable bonds is 5. The molecule has 106 valence electrons. The van der Waals surface area contributed by atoms with Crippen LogP contribution in [0.5, 0.6) is 0 Å². The number of piperidine rings is 1. The maximum absolute atomic E-state index is 11.9. The number of nitrogens with zero attached hydrogens (tertiary/aromatic N) is 1. The molecular weight excluding hydrogens is 228 g/mol. The summed E-state index contributed by atoms with van der Waals surface area (Å²) >= 11 is 0.